The molecule has 18 nitrogen and oxygen atoms in total. The second-order valence-corrected chi connectivity index (χ2v) is 28.8. The van der Waals surface area contributed by atoms with Gasteiger partial charge in [-0.25, -0.2) is 0 Å². The number of methoxy groups -OCH3 is 3. The molecule has 6 aromatic carbocycles. The number of anilines is 3. The first kappa shape index (κ1) is 80.5. The summed E-state index contributed by atoms with van der Waals surface area (Å²) in [5, 5.41) is 38.3. The monoisotopic (exact) mass is 1510 g/mol. The van der Waals surface area contributed by atoms with Crippen LogP contribution in [0, 0.1) is 17.8 Å². The number of piperidine rings is 3. The van der Waals surface area contributed by atoms with Crippen LogP contribution in [-0.2, 0) is 14.4 Å². The number of ether oxygens (including phenoxy) is 6. The summed E-state index contributed by atoms with van der Waals surface area (Å²) >= 11 is 36.5. The minimum absolute atomic E-state index is 0.0221. The maximum atomic E-state index is 13.2. The zero-order valence-electron chi connectivity index (χ0n) is 58.4. The molecule has 0 bridgehead atoms. The fourth-order valence-electron chi connectivity index (χ4n) is 12.6. The van der Waals surface area contributed by atoms with Crippen molar-refractivity contribution in [1.82, 2.24) is 14.7 Å². The number of aliphatic hydroxyl groups excluding tert-OH is 3. The van der Waals surface area contributed by atoms with Crippen molar-refractivity contribution in [3.05, 3.63) is 169 Å². The molecule has 5 N–H and O–H groups in total. The number of hydrogen-bond acceptors (Lipinski definition) is 15. The van der Waals surface area contributed by atoms with Gasteiger partial charge in [0.05, 0.1) is 87.6 Å². The second kappa shape index (κ2) is 40.2. The molecule has 4 aliphatic rings. The Morgan fingerprint density at radius 3 is 1.34 bits per heavy atom. The van der Waals surface area contributed by atoms with Crippen LogP contribution >= 0.6 is 69.6 Å². The molecule has 548 valence electrons. The molecule has 24 heteroatoms. The fraction of sp³-hybridized carbons (Fsp3) is 0.468. The predicted octanol–water partition coefficient (Wildman–Crippen LogP) is 15.9. The quantitative estimate of drug-likeness (QED) is 0.0290. The highest BCUT2D eigenvalue weighted by Gasteiger charge is 2.41. The van der Waals surface area contributed by atoms with Crippen LogP contribution in [0.5, 0.6) is 34.5 Å². The number of nitrogens with one attached hydrogen (secondary N) is 2. The number of likely N-dealkylation sites (tertiary alicyclic amines) is 3. The number of halogens is 6. The van der Waals surface area contributed by atoms with Gasteiger partial charge in [0, 0.05) is 55.6 Å². The molecule has 4 aliphatic heterocycles. The molecule has 6 aromatic rings. The average molecular weight is 1510 g/mol. The Morgan fingerprint density at radius 2 is 0.931 bits per heavy atom. The first-order chi connectivity index (χ1) is 48.6. The van der Waals surface area contributed by atoms with E-state index in [4.69, 9.17) is 98.0 Å². The molecule has 10 rings (SSSR count). The van der Waals surface area contributed by atoms with Gasteiger partial charge in [0.1, 0.15) is 26.0 Å². The Kier molecular flexibility index (Phi) is 32.0. The Morgan fingerprint density at radius 1 is 0.535 bits per heavy atom. The number of benzene rings is 6. The van der Waals surface area contributed by atoms with Crippen LogP contribution in [0.1, 0.15) is 113 Å². The van der Waals surface area contributed by atoms with Gasteiger partial charge in [-0.1, -0.05) is 115 Å². The van der Waals surface area contributed by atoms with Crippen molar-refractivity contribution < 1.29 is 58.1 Å². The predicted molar refractivity (Wildman–Crippen MR) is 405 cm³/mol. The van der Waals surface area contributed by atoms with Gasteiger partial charge in [0.2, 0.25) is 17.7 Å². The number of aliphatic hydroxyl groups is 3. The molecular weight excluding hydrogens is 1410 g/mol. The third kappa shape index (κ3) is 23.6. The summed E-state index contributed by atoms with van der Waals surface area (Å²) in [7, 11) is 4.77. The van der Waals surface area contributed by atoms with Crippen molar-refractivity contribution in [3.8, 4) is 34.5 Å². The van der Waals surface area contributed by atoms with Gasteiger partial charge in [0.25, 0.3) is 0 Å². The van der Waals surface area contributed by atoms with Crippen LogP contribution in [0.3, 0.4) is 0 Å². The van der Waals surface area contributed by atoms with Gasteiger partial charge in [0.15, 0.2) is 34.5 Å². The standard InChI is InChI=1S/C26H34Cl2N2O5.C26H32Cl2N2O3.C25H30Cl2N2O4/c1-17-7-9-30(10-8-17)11-12-35-25-14-19(4-6-24(25)34-2)29-26(33)21(15-20(32)16-31)18-3-5-22(27)23(28)13-18;1-4-5-21(19-6-8-22(27)23(28)16-19)26(31)29-20-7-9-24(32-3)25(17-20)33-15-14-30-12-10-18(2)11-13-30;1-16-7-9-28(10-8-16)11-12-33-23-14-18(4-6-22(23)32-2)29-24(30)15-19(25(29)31)17-3-5-20(26)21(27)13-17/h3-6,13-14,17,20-21,31-32H,7-12,15-16H2,1-2H3,(H,29,33);4,6-9,16-18,21H,1,5,10-15H2,2-3H3,(H,29,31);3-6,13-14,16,19,24,30H,7-12,15H2,1-2H3. The van der Waals surface area contributed by atoms with Crippen molar-refractivity contribution >= 4 is 104 Å². The lowest BCUT2D eigenvalue weighted by Crippen LogP contribution is -2.35. The SMILES string of the molecule is C=CCC(C(=O)Nc1ccc(OC)c(OCCN2CCC(C)CC2)c1)c1ccc(Cl)c(Cl)c1.COc1ccc(N2C(=O)C(c3ccc(Cl)c(Cl)c3)CC2O)cc1OCCN1CCC(C)CC1.COc1ccc(NC(=O)C(CC(O)CO)c2ccc(Cl)c(Cl)c2)cc1OCCN1CCC(C)CC1. The van der Waals surface area contributed by atoms with Crippen molar-refractivity contribution in [2.24, 2.45) is 17.8 Å². The smallest absolute Gasteiger partial charge is 0.236 e. The zero-order chi connectivity index (χ0) is 72.7. The van der Waals surface area contributed by atoms with Crippen LogP contribution in [0.2, 0.25) is 30.1 Å². The largest absolute Gasteiger partial charge is 0.493 e. The lowest BCUT2D eigenvalue weighted by molar-refractivity contribution is -0.119. The van der Waals surface area contributed by atoms with Crippen molar-refractivity contribution in [2.75, 3.05) is 122 Å². The molecule has 0 aromatic heterocycles. The molecular formula is C77H96Cl6N6O12. The third-order valence-corrected chi connectivity index (χ3v) is 21.2. The molecule has 0 aliphatic carbocycles. The highest BCUT2D eigenvalue weighted by atomic mass is 35.5. The highest BCUT2D eigenvalue weighted by molar-refractivity contribution is 6.43. The summed E-state index contributed by atoms with van der Waals surface area (Å²) in [6, 6.07) is 31.1. The van der Waals surface area contributed by atoms with Gasteiger partial charge < -0.3 is 54.4 Å². The van der Waals surface area contributed by atoms with E-state index in [1.54, 1.807) is 131 Å². The molecule has 4 fully saturated rings. The molecule has 4 heterocycles. The minimum Gasteiger partial charge on any atom is -0.493 e. The number of amides is 3. The average Bonchev–Trinajstić information content (AvgIpc) is 1.69. The van der Waals surface area contributed by atoms with E-state index in [2.05, 4.69) is 52.7 Å². The maximum Gasteiger partial charge on any atom is 0.236 e. The molecule has 3 amide bonds. The molecule has 5 unspecified atom stereocenters. The van der Waals surface area contributed by atoms with Gasteiger partial charge in [-0.2, -0.15) is 0 Å². The number of allylic oxidation sites excluding steroid dienone is 1. The summed E-state index contributed by atoms with van der Waals surface area (Å²) in [4.78, 5) is 48.2. The van der Waals surface area contributed by atoms with Crippen LogP contribution in [-0.4, -0.2) is 167 Å². The van der Waals surface area contributed by atoms with Gasteiger partial charge in [-0.15, -0.1) is 6.58 Å². The van der Waals surface area contributed by atoms with Crippen LogP contribution < -0.4 is 44.0 Å². The topological polar surface area (TPSA) is 204 Å². The summed E-state index contributed by atoms with van der Waals surface area (Å²) in [6.45, 7) is 20.9. The van der Waals surface area contributed by atoms with Gasteiger partial charge >= 0.3 is 0 Å². The Balaban J connectivity index is 0.000000193. The Labute approximate surface area is 624 Å². The van der Waals surface area contributed by atoms with Crippen LogP contribution in [0.4, 0.5) is 17.1 Å². The number of nitrogens with zero attached hydrogens (tertiary/aromatic N) is 4. The molecule has 0 saturated carbocycles. The van der Waals surface area contributed by atoms with E-state index in [0.29, 0.717) is 113 Å². The summed E-state index contributed by atoms with van der Waals surface area (Å²) in [5.41, 5.74) is 3.83. The normalized spacial score (nSPS) is 18.0. The fourth-order valence-corrected chi connectivity index (χ4v) is 13.6. The molecule has 101 heavy (non-hydrogen) atoms. The second-order valence-electron chi connectivity index (χ2n) is 26.4. The van der Waals surface area contributed by atoms with Crippen molar-refractivity contribution in [2.45, 2.75) is 109 Å². The lowest BCUT2D eigenvalue weighted by atomic mass is 9.92. The molecule has 0 radical (unpaired) electrons. The van der Waals surface area contributed by atoms with Crippen molar-refractivity contribution in [3.63, 3.8) is 0 Å². The van der Waals surface area contributed by atoms with E-state index in [1.165, 1.54) is 43.4 Å². The molecule has 4 saturated heterocycles. The number of carbonyl (C=O) groups is 3. The van der Waals surface area contributed by atoms with Gasteiger partial charge in [-0.3, -0.25) is 34.0 Å². The maximum absolute atomic E-state index is 13.2. The summed E-state index contributed by atoms with van der Waals surface area (Å²) in [5.74, 6) is 3.47. The molecule has 0 spiro atoms. The van der Waals surface area contributed by atoms with E-state index >= 15 is 0 Å². The Hall–Kier alpha value is -6.23. The summed E-state index contributed by atoms with van der Waals surface area (Å²) in [6.07, 6.45) is 7.77. The highest BCUT2D eigenvalue weighted by Crippen LogP contribution is 2.42. The first-order valence-corrected chi connectivity index (χ1v) is 36.8. The number of carbonyl (C=O) groups excluding carboxylic acids is 3. The Bertz CT molecular complexity index is 3680. The first-order valence-electron chi connectivity index (χ1n) is 34.6. The van der Waals surface area contributed by atoms with E-state index in [9.17, 15) is 29.7 Å². The van der Waals surface area contributed by atoms with E-state index in [0.717, 1.165) is 87.8 Å². The van der Waals surface area contributed by atoms with Crippen LogP contribution in [0.15, 0.2) is 122 Å². The third-order valence-electron chi connectivity index (χ3n) is 19.0. The lowest BCUT2D eigenvalue weighted by Gasteiger charge is -2.30. The van der Waals surface area contributed by atoms with Gasteiger partial charge in [-0.05, 0) is 198 Å². The van der Waals surface area contributed by atoms with E-state index < -0.39 is 36.7 Å². The van der Waals surface area contributed by atoms with Crippen LogP contribution in [0.25, 0.3) is 0 Å². The molecule has 5 atom stereocenters. The number of rotatable bonds is 28. The minimum atomic E-state index is -1.06. The number of hydrogen-bond donors (Lipinski definition) is 5. The van der Waals surface area contributed by atoms with E-state index in [-0.39, 0.29) is 30.6 Å². The van der Waals surface area contributed by atoms with E-state index in [1.807, 2.05) is 6.07 Å². The van der Waals surface area contributed by atoms with Crippen molar-refractivity contribution in [1.29, 1.82) is 0 Å². The zero-order valence-corrected chi connectivity index (χ0v) is 63.0. The summed E-state index contributed by atoms with van der Waals surface area (Å²) < 4.78 is 34.4.